The highest BCUT2D eigenvalue weighted by Crippen LogP contribution is 2.38. The molecule has 0 amide bonds. The molecule has 6 nitrogen and oxygen atoms in total. The van der Waals surface area contributed by atoms with Crippen LogP contribution in [0.3, 0.4) is 0 Å². The molecular weight excluding hydrogens is 480 g/mol. The molecule has 4 aromatic rings. The van der Waals surface area contributed by atoms with Gasteiger partial charge in [0.05, 0.1) is 23.4 Å². The molecule has 31 heavy (non-hydrogen) atoms. The Morgan fingerprint density at radius 2 is 1.65 bits per heavy atom. The molecule has 1 heterocycles. The Kier molecular flexibility index (Phi) is 5.84. The molecule has 0 saturated heterocycles. The van der Waals surface area contributed by atoms with E-state index in [4.69, 9.17) is 9.26 Å². The van der Waals surface area contributed by atoms with Crippen molar-refractivity contribution in [2.75, 3.05) is 11.4 Å². The number of halogens is 1. The molecule has 3 aromatic carbocycles. The van der Waals surface area contributed by atoms with E-state index < -0.39 is 10.0 Å². The Morgan fingerprint density at radius 3 is 2.26 bits per heavy atom. The fourth-order valence-corrected chi connectivity index (χ4v) is 5.00. The summed E-state index contributed by atoms with van der Waals surface area (Å²) in [4.78, 5) is 0.129. The average molecular weight is 499 g/mol. The van der Waals surface area contributed by atoms with E-state index >= 15 is 0 Å². The second-order valence-corrected chi connectivity index (χ2v) is 9.33. The van der Waals surface area contributed by atoms with Gasteiger partial charge in [-0.25, -0.2) is 8.42 Å². The summed E-state index contributed by atoms with van der Waals surface area (Å²) in [5.74, 6) is 0.829. The first kappa shape index (κ1) is 21.1. The van der Waals surface area contributed by atoms with Crippen LogP contribution >= 0.6 is 15.9 Å². The van der Waals surface area contributed by atoms with Gasteiger partial charge in [0, 0.05) is 0 Å². The topological polar surface area (TPSA) is 72.6 Å². The summed E-state index contributed by atoms with van der Waals surface area (Å²) in [6, 6.07) is 23.0. The Labute approximate surface area is 189 Å². The third kappa shape index (κ3) is 4.08. The largest absolute Gasteiger partial charge is 0.497 e. The maximum absolute atomic E-state index is 13.6. The van der Waals surface area contributed by atoms with Gasteiger partial charge in [-0.05, 0) is 70.4 Å². The van der Waals surface area contributed by atoms with E-state index in [1.54, 1.807) is 62.6 Å². The van der Waals surface area contributed by atoms with Crippen LogP contribution < -0.4 is 9.04 Å². The minimum atomic E-state index is -3.98. The van der Waals surface area contributed by atoms with Crippen LogP contribution in [0.4, 0.5) is 11.6 Å². The van der Waals surface area contributed by atoms with Gasteiger partial charge in [0.15, 0.2) is 0 Å². The van der Waals surface area contributed by atoms with Crippen molar-refractivity contribution in [1.29, 1.82) is 0 Å². The lowest BCUT2D eigenvalue weighted by atomic mass is 10.1. The predicted octanol–water partition coefficient (Wildman–Crippen LogP) is 5.95. The number of anilines is 2. The maximum Gasteiger partial charge on any atom is 0.271 e. The van der Waals surface area contributed by atoms with E-state index in [1.807, 2.05) is 30.3 Å². The van der Waals surface area contributed by atoms with E-state index in [0.717, 1.165) is 21.2 Å². The van der Waals surface area contributed by atoms with Gasteiger partial charge >= 0.3 is 0 Å². The molecule has 0 spiro atoms. The van der Waals surface area contributed by atoms with Gasteiger partial charge in [0.2, 0.25) is 0 Å². The summed E-state index contributed by atoms with van der Waals surface area (Å²) in [6.07, 6.45) is 0. The highest BCUT2D eigenvalue weighted by atomic mass is 79.9. The number of methoxy groups -OCH3 is 1. The van der Waals surface area contributed by atoms with Crippen LogP contribution in [0.25, 0.3) is 11.1 Å². The fourth-order valence-electron chi connectivity index (χ4n) is 3.13. The van der Waals surface area contributed by atoms with Gasteiger partial charge in [-0.15, -0.1) is 0 Å². The number of ether oxygens (including phenoxy) is 1. The van der Waals surface area contributed by atoms with Crippen molar-refractivity contribution >= 4 is 37.5 Å². The van der Waals surface area contributed by atoms with Crippen molar-refractivity contribution in [2.45, 2.75) is 11.8 Å². The van der Waals surface area contributed by atoms with Gasteiger partial charge in [-0.1, -0.05) is 47.6 Å². The van der Waals surface area contributed by atoms with E-state index in [0.29, 0.717) is 15.9 Å². The molecule has 0 aliphatic heterocycles. The first-order valence-electron chi connectivity index (χ1n) is 9.38. The number of rotatable bonds is 6. The maximum atomic E-state index is 13.6. The van der Waals surface area contributed by atoms with Crippen LogP contribution in [-0.2, 0) is 10.0 Å². The number of aromatic nitrogens is 1. The minimum absolute atomic E-state index is 0.0978. The number of para-hydroxylation sites is 1. The Morgan fingerprint density at radius 1 is 0.935 bits per heavy atom. The number of aryl methyl sites for hydroxylation is 1. The summed E-state index contributed by atoms with van der Waals surface area (Å²) < 4.78 is 39.6. The van der Waals surface area contributed by atoms with Gasteiger partial charge in [-0.2, -0.15) is 4.31 Å². The van der Waals surface area contributed by atoms with Crippen LogP contribution in [0.1, 0.15) is 5.69 Å². The highest BCUT2D eigenvalue weighted by Gasteiger charge is 2.32. The Bertz CT molecular complexity index is 1300. The van der Waals surface area contributed by atoms with Crippen LogP contribution in [0.15, 0.2) is 92.8 Å². The van der Waals surface area contributed by atoms with Gasteiger partial charge in [-0.3, -0.25) is 0 Å². The molecule has 0 atom stereocenters. The van der Waals surface area contributed by atoms with Crippen LogP contribution in [0.2, 0.25) is 0 Å². The molecule has 0 bridgehead atoms. The zero-order valence-corrected chi connectivity index (χ0v) is 19.2. The SMILES string of the molecule is COc1cccc(-c2ccc(S(=O)(=O)N(c3ccccc3)c3onc(C)c3Br)cc2)c1. The van der Waals surface area contributed by atoms with Crippen molar-refractivity contribution in [3.63, 3.8) is 0 Å². The van der Waals surface area contributed by atoms with Crippen molar-refractivity contribution < 1.29 is 17.7 Å². The van der Waals surface area contributed by atoms with Gasteiger partial charge in [0.1, 0.15) is 10.2 Å². The lowest BCUT2D eigenvalue weighted by Gasteiger charge is -2.22. The van der Waals surface area contributed by atoms with Crippen molar-refractivity contribution in [2.24, 2.45) is 0 Å². The predicted molar refractivity (Wildman–Crippen MR) is 123 cm³/mol. The van der Waals surface area contributed by atoms with Gasteiger partial charge < -0.3 is 9.26 Å². The van der Waals surface area contributed by atoms with Crippen molar-refractivity contribution in [3.05, 3.63) is 89.0 Å². The molecule has 0 saturated carbocycles. The Balaban J connectivity index is 1.78. The second-order valence-electron chi connectivity index (χ2n) is 6.75. The third-order valence-electron chi connectivity index (χ3n) is 4.75. The molecular formula is C23H19BrN2O4S. The molecule has 0 radical (unpaired) electrons. The van der Waals surface area contributed by atoms with Gasteiger partial charge in [0.25, 0.3) is 15.9 Å². The summed E-state index contributed by atoms with van der Waals surface area (Å²) in [5.41, 5.74) is 2.80. The molecule has 4 rings (SSSR count). The Hall–Kier alpha value is -3.10. The first-order chi connectivity index (χ1) is 14.9. The van der Waals surface area contributed by atoms with E-state index in [2.05, 4.69) is 21.1 Å². The molecule has 0 fully saturated rings. The van der Waals surface area contributed by atoms with Crippen molar-refractivity contribution in [3.8, 4) is 16.9 Å². The lowest BCUT2D eigenvalue weighted by Crippen LogP contribution is -2.26. The number of sulfonamides is 1. The van der Waals surface area contributed by atoms with Crippen LogP contribution in [-0.4, -0.2) is 20.7 Å². The minimum Gasteiger partial charge on any atom is -0.497 e. The number of benzene rings is 3. The third-order valence-corrected chi connectivity index (χ3v) is 7.38. The standard InChI is InChI=1S/C23H19BrN2O4S/c1-16-22(24)23(30-25-16)26(19-8-4-3-5-9-19)31(27,28)21-13-11-17(12-14-21)18-7-6-10-20(15-18)29-2/h3-15H,1-2H3. The highest BCUT2D eigenvalue weighted by molar-refractivity contribution is 9.10. The molecule has 0 unspecified atom stereocenters. The summed E-state index contributed by atoms with van der Waals surface area (Å²) in [6.45, 7) is 1.73. The molecule has 8 heteroatoms. The smallest absolute Gasteiger partial charge is 0.271 e. The molecule has 0 N–H and O–H groups in total. The van der Waals surface area contributed by atoms with Crippen LogP contribution in [0.5, 0.6) is 5.75 Å². The average Bonchev–Trinajstić information content (AvgIpc) is 3.12. The quantitative estimate of drug-likeness (QED) is 0.328. The molecule has 1 aromatic heterocycles. The number of hydrogen-bond acceptors (Lipinski definition) is 5. The molecule has 0 aliphatic rings. The monoisotopic (exact) mass is 498 g/mol. The molecule has 0 aliphatic carbocycles. The van der Waals surface area contributed by atoms with E-state index in [-0.39, 0.29) is 10.8 Å². The summed E-state index contributed by atoms with van der Waals surface area (Å²) in [5, 5.41) is 3.90. The zero-order chi connectivity index (χ0) is 22.0. The summed E-state index contributed by atoms with van der Waals surface area (Å²) >= 11 is 3.39. The zero-order valence-electron chi connectivity index (χ0n) is 16.8. The van der Waals surface area contributed by atoms with Crippen LogP contribution in [0, 0.1) is 6.92 Å². The summed E-state index contributed by atoms with van der Waals surface area (Å²) in [7, 11) is -2.38. The molecule has 158 valence electrons. The second kappa shape index (κ2) is 8.56. The fraction of sp³-hybridized carbons (Fsp3) is 0.0870. The normalized spacial score (nSPS) is 11.3. The number of nitrogens with zero attached hydrogens (tertiary/aromatic N) is 2. The van der Waals surface area contributed by atoms with E-state index in [9.17, 15) is 8.42 Å². The lowest BCUT2D eigenvalue weighted by molar-refractivity contribution is 0.415. The van der Waals surface area contributed by atoms with E-state index in [1.165, 1.54) is 0 Å². The first-order valence-corrected chi connectivity index (χ1v) is 11.6. The number of hydrogen-bond donors (Lipinski definition) is 0. The van der Waals surface area contributed by atoms with Crippen molar-refractivity contribution in [1.82, 2.24) is 5.16 Å².